The fourth-order valence-corrected chi connectivity index (χ4v) is 4.00. The van der Waals surface area contributed by atoms with Gasteiger partial charge in [-0.2, -0.15) is 0 Å². The summed E-state index contributed by atoms with van der Waals surface area (Å²) in [6.45, 7) is 10.2. The summed E-state index contributed by atoms with van der Waals surface area (Å²) in [7, 11) is 0. The summed E-state index contributed by atoms with van der Waals surface area (Å²) in [5, 5.41) is 3.69. The molecule has 3 unspecified atom stereocenters. The number of nitrogens with one attached hydrogen (secondary N) is 1. The van der Waals surface area contributed by atoms with Crippen LogP contribution in [0, 0.1) is 19.8 Å². The Kier molecular flexibility index (Phi) is 4.13. The lowest BCUT2D eigenvalue weighted by Crippen LogP contribution is -2.39. The van der Waals surface area contributed by atoms with Gasteiger partial charge in [-0.3, -0.25) is 4.90 Å². The maximum absolute atomic E-state index is 3.69. The number of rotatable bonds is 5. The van der Waals surface area contributed by atoms with Crippen LogP contribution in [0.5, 0.6) is 0 Å². The number of fused-ring (bicyclic) bond motifs is 2. The highest BCUT2D eigenvalue weighted by molar-refractivity contribution is 5.32. The minimum Gasteiger partial charge on any atom is -0.309 e. The molecule has 1 heterocycles. The molecule has 1 saturated carbocycles. The van der Waals surface area contributed by atoms with Gasteiger partial charge in [0, 0.05) is 25.2 Å². The van der Waals surface area contributed by atoms with Crippen molar-refractivity contribution in [2.75, 3.05) is 19.6 Å². The Hall–Kier alpha value is -0.860. The van der Waals surface area contributed by atoms with Crippen LogP contribution in [0.15, 0.2) is 18.2 Å². The summed E-state index contributed by atoms with van der Waals surface area (Å²) in [6, 6.07) is 8.30. The first-order valence-electron chi connectivity index (χ1n) is 8.22. The normalized spacial score (nSPS) is 27.1. The summed E-state index contributed by atoms with van der Waals surface area (Å²) in [6.07, 6.45) is 4.35. The molecule has 3 atom stereocenters. The van der Waals surface area contributed by atoms with E-state index in [4.69, 9.17) is 0 Å². The molecule has 1 aromatic carbocycles. The van der Waals surface area contributed by atoms with Gasteiger partial charge >= 0.3 is 0 Å². The Bertz CT molecular complexity index is 468. The summed E-state index contributed by atoms with van der Waals surface area (Å²) >= 11 is 0. The second-order valence-electron chi connectivity index (χ2n) is 6.74. The van der Waals surface area contributed by atoms with Crippen molar-refractivity contribution in [2.24, 2.45) is 5.92 Å². The first kappa shape index (κ1) is 14.1. The maximum Gasteiger partial charge on any atom is 0.0449 e. The van der Waals surface area contributed by atoms with E-state index < -0.39 is 0 Å². The van der Waals surface area contributed by atoms with Crippen molar-refractivity contribution in [1.82, 2.24) is 10.2 Å². The van der Waals surface area contributed by atoms with Crippen molar-refractivity contribution >= 4 is 0 Å². The zero-order valence-corrected chi connectivity index (χ0v) is 13.2. The highest BCUT2D eigenvalue weighted by Crippen LogP contribution is 2.38. The molecule has 2 nitrogen and oxygen atoms in total. The van der Waals surface area contributed by atoms with Gasteiger partial charge in [0.05, 0.1) is 0 Å². The average Bonchev–Trinajstić information content (AvgIpc) is 3.04. The second-order valence-corrected chi connectivity index (χ2v) is 6.74. The standard InChI is InChI=1S/C18H28N2/c1-4-19-18(16-7-5-13(2)14(3)9-16)12-20-11-15-6-8-17(20)10-15/h5,7,9,15,17-19H,4,6,8,10-12H2,1-3H3. The van der Waals surface area contributed by atoms with Crippen LogP contribution in [-0.2, 0) is 0 Å². The monoisotopic (exact) mass is 272 g/mol. The zero-order chi connectivity index (χ0) is 14.1. The van der Waals surface area contributed by atoms with Gasteiger partial charge in [-0.25, -0.2) is 0 Å². The van der Waals surface area contributed by atoms with Crippen molar-refractivity contribution < 1.29 is 0 Å². The minimum absolute atomic E-state index is 0.485. The number of aryl methyl sites for hydroxylation is 2. The van der Waals surface area contributed by atoms with E-state index in [0.29, 0.717) is 6.04 Å². The Labute approximate surface area is 123 Å². The number of likely N-dealkylation sites (N-methyl/N-ethyl adjacent to an activating group) is 1. The van der Waals surface area contributed by atoms with Crippen LogP contribution in [-0.4, -0.2) is 30.6 Å². The van der Waals surface area contributed by atoms with E-state index in [1.165, 1.54) is 49.0 Å². The highest BCUT2D eigenvalue weighted by atomic mass is 15.2. The first-order valence-corrected chi connectivity index (χ1v) is 8.22. The van der Waals surface area contributed by atoms with E-state index in [0.717, 1.165) is 18.5 Å². The molecule has 1 aliphatic carbocycles. The molecule has 1 saturated heterocycles. The van der Waals surface area contributed by atoms with E-state index >= 15 is 0 Å². The number of piperidine rings is 1. The van der Waals surface area contributed by atoms with Crippen LogP contribution < -0.4 is 5.32 Å². The number of hydrogen-bond donors (Lipinski definition) is 1. The smallest absolute Gasteiger partial charge is 0.0449 e. The summed E-state index contributed by atoms with van der Waals surface area (Å²) in [4.78, 5) is 2.73. The molecule has 2 aliphatic rings. The molecule has 0 aromatic heterocycles. The van der Waals surface area contributed by atoms with Gasteiger partial charge in [0.15, 0.2) is 0 Å². The molecule has 110 valence electrons. The summed E-state index contributed by atoms with van der Waals surface area (Å²) in [5.41, 5.74) is 4.26. The van der Waals surface area contributed by atoms with Crippen LogP contribution in [0.25, 0.3) is 0 Å². The van der Waals surface area contributed by atoms with Gasteiger partial charge in [-0.15, -0.1) is 0 Å². The second kappa shape index (κ2) is 5.87. The molecule has 2 fully saturated rings. The maximum atomic E-state index is 3.69. The van der Waals surface area contributed by atoms with Crippen molar-refractivity contribution in [3.63, 3.8) is 0 Å². The van der Waals surface area contributed by atoms with E-state index in [1.54, 1.807) is 0 Å². The van der Waals surface area contributed by atoms with Gasteiger partial charge in [-0.05, 0) is 62.3 Å². The largest absolute Gasteiger partial charge is 0.309 e. The van der Waals surface area contributed by atoms with Crippen LogP contribution >= 0.6 is 0 Å². The molecule has 0 spiro atoms. The Morgan fingerprint density at radius 1 is 1.25 bits per heavy atom. The van der Waals surface area contributed by atoms with Gasteiger partial charge in [0.25, 0.3) is 0 Å². The number of nitrogens with zero attached hydrogens (tertiary/aromatic N) is 1. The molecule has 1 aliphatic heterocycles. The lowest BCUT2D eigenvalue weighted by atomic mass is 10.00. The highest BCUT2D eigenvalue weighted by Gasteiger charge is 2.38. The Morgan fingerprint density at radius 2 is 2.10 bits per heavy atom. The predicted octanol–water partition coefficient (Wildman–Crippen LogP) is 3.44. The minimum atomic E-state index is 0.485. The van der Waals surface area contributed by atoms with Crippen molar-refractivity contribution in [1.29, 1.82) is 0 Å². The summed E-state index contributed by atoms with van der Waals surface area (Å²) < 4.78 is 0. The molecule has 20 heavy (non-hydrogen) atoms. The first-order chi connectivity index (χ1) is 9.67. The number of benzene rings is 1. The lowest BCUT2D eigenvalue weighted by Gasteiger charge is -2.31. The molecular weight excluding hydrogens is 244 g/mol. The molecule has 3 rings (SSSR count). The molecular formula is C18H28N2. The fraction of sp³-hybridized carbons (Fsp3) is 0.667. The van der Waals surface area contributed by atoms with Crippen molar-refractivity contribution in [3.8, 4) is 0 Å². The third-order valence-corrected chi connectivity index (χ3v) is 5.32. The van der Waals surface area contributed by atoms with Crippen molar-refractivity contribution in [3.05, 3.63) is 34.9 Å². The molecule has 0 radical (unpaired) electrons. The quantitative estimate of drug-likeness (QED) is 0.883. The number of likely N-dealkylation sites (tertiary alicyclic amines) is 1. The molecule has 2 heteroatoms. The molecule has 0 amide bonds. The van der Waals surface area contributed by atoms with E-state index in [9.17, 15) is 0 Å². The third-order valence-electron chi connectivity index (χ3n) is 5.32. The Morgan fingerprint density at radius 3 is 2.70 bits per heavy atom. The molecule has 1 N–H and O–H groups in total. The summed E-state index contributed by atoms with van der Waals surface area (Å²) in [5.74, 6) is 0.988. The van der Waals surface area contributed by atoms with E-state index in [2.05, 4.69) is 49.2 Å². The average molecular weight is 272 g/mol. The van der Waals surface area contributed by atoms with Crippen molar-refractivity contribution in [2.45, 2.75) is 52.1 Å². The number of hydrogen-bond acceptors (Lipinski definition) is 2. The van der Waals surface area contributed by atoms with E-state index in [1.807, 2.05) is 0 Å². The SMILES string of the molecule is CCNC(CN1CC2CCC1C2)c1ccc(C)c(C)c1. The van der Waals surface area contributed by atoms with Gasteiger partial charge < -0.3 is 5.32 Å². The zero-order valence-electron chi connectivity index (χ0n) is 13.2. The van der Waals surface area contributed by atoms with E-state index in [-0.39, 0.29) is 0 Å². The molecule has 1 aromatic rings. The predicted molar refractivity (Wildman–Crippen MR) is 85.0 cm³/mol. The van der Waals surface area contributed by atoms with Crippen LogP contribution in [0.4, 0.5) is 0 Å². The Balaban J connectivity index is 1.73. The van der Waals surface area contributed by atoms with Gasteiger partial charge in [0.1, 0.15) is 0 Å². The fourth-order valence-electron chi connectivity index (χ4n) is 4.00. The lowest BCUT2D eigenvalue weighted by molar-refractivity contribution is 0.192. The van der Waals surface area contributed by atoms with Gasteiger partial charge in [0.2, 0.25) is 0 Å². The van der Waals surface area contributed by atoms with Gasteiger partial charge in [-0.1, -0.05) is 25.1 Å². The van der Waals surface area contributed by atoms with Crippen LogP contribution in [0.3, 0.4) is 0 Å². The van der Waals surface area contributed by atoms with Crippen LogP contribution in [0.2, 0.25) is 0 Å². The topological polar surface area (TPSA) is 15.3 Å². The molecule has 2 bridgehead atoms. The van der Waals surface area contributed by atoms with Crippen LogP contribution in [0.1, 0.15) is 48.9 Å². The third kappa shape index (κ3) is 2.77.